The van der Waals surface area contributed by atoms with Crippen LogP contribution in [-0.4, -0.2) is 81.5 Å². The van der Waals surface area contributed by atoms with Gasteiger partial charge >= 0.3 is 0 Å². The monoisotopic (exact) mass is 625 g/mol. The molecule has 5 amide bonds. The first-order chi connectivity index (χ1) is 21.2. The van der Waals surface area contributed by atoms with Crippen molar-refractivity contribution in [2.75, 3.05) is 18.8 Å². The predicted molar refractivity (Wildman–Crippen MR) is 167 cm³/mol. The zero-order chi connectivity index (χ0) is 32.1. The van der Waals surface area contributed by atoms with E-state index < -0.39 is 47.7 Å². The summed E-state index contributed by atoms with van der Waals surface area (Å²) >= 11 is 4.19. The van der Waals surface area contributed by atoms with Crippen LogP contribution in [0, 0.1) is 0 Å². The van der Waals surface area contributed by atoms with E-state index in [-0.39, 0.29) is 30.6 Å². The molecule has 15 heteroatoms. The lowest BCUT2D eigenvalue weighted by Crippen LogP contribution is -2.58. The number of imidazole rings is 1. The maximum Gasteiger partial charge on any atom is 0.253 e. The number of nitrogens with zero attached hydrogens (tertiary/aromatic N) is 2. The van der Waals surface area contributed by atoms with Gasteiger partial charge in [0.1, 0.15) is 18.1 Å². The Morgan fingerprint density at radius 3 is 2.39 bits per heavy atom. The number of carbonyl (C=O) groups excluding carboxylic acids is 5. The number of hydrogen-bond acceptors (Lipinski definition) is 9. The summed E-state index contributed by atoms with van der Waals surface area (Å²) in [6.07, 6.45) is 3.62. The molecule has 0 saturated heterocycles. The lowest BCUT2D eigenvalue weighted by molar-refractivity contribution is -0.132. The van der Waals surface area contributed by atoms with E-state index in [1.54, 1.807) is 6.07 Å². The molecule has 3 rings (SSSR count). The maximum absolute atomic E-state index is 13.6. The smallest absolute Gasteiger partial charge is 0.253 e. The fourth-order valence-corrected chi connectivity index (χ4v) is 4.67. The van der Waals surface area contributed by atoms with Crippen molar-refractivity contribution in [2.45, 2.75) is 57.2 Å². The molecule has 2 heterocycles. The highest BCUT2D eigenvalue weighted by atomic mass is 32.1. The van der Waals surface area contributed by atoms with E-state index in [9.17, 15) is 24.0 Å². The van der Waals surface area contributed by atoms with Gasteiger partial charge in [-0.2, -0.15) is 12.6 Å². The van der Waals surface area contributed by atoms with Crippen molar-refractivity contribution >= 4 is 53.1 Å². The molecule has 0 aliphatic heterocycles. The lowest BCUT2D eigenvalue weighted by Gasteiger charge is -2.25. The number of nitrogens with one attached hydrogen (secondary N) is 5. The number of thiol groups is 1. The van der Waals surface area contributed by atoms with Crippen LogP contribution >= 0.6 is 12.6 Å². The number of aromatic nitrogens is 3. The number of H-pyrrole nitrogens is 1. The van der Waals surface area contributed by atoms with Gasteiger partial charge in [-0.05, 0) is 37.9 Å². The second kappa shape index (κ2) is 17.0. The molecule has 14 nitrogen and oxygen atoms in total. The van der Waals surface area contributed by atoms with Crippen LogP contribution in [0.1, 0.15) is 47.9 Å². The third-order valence-corrected chi connectivity index (χ3v) is 7.16. The lowest BCUT2D eigenvalue weighted by atomic mass is 10.0. The fourth-order valence-electron chi connectivity index (χ4n) is 4.41. The average molecular weight is 626 g/mol. The number of pyridine rings is 1. The minimum atomic E-state index is -1.22. The number of rotatable bonds is 17. The van der Waals surface area contributed by atoms with Gasteiger partial charge in [-0.3, -0.25) is 29.0 Å². The highest BCUT2D eigenvalue weighted by molar-refractivity contribution is 7.80. The molecule has 0 fully saturated rings. The average Bonchev–Trinajstić information content (AvgIpc) is 3.53. The van der Waals surface area contributed by atoms with E-state index in [4.69, 9.17) is 11.5 Å². The molecule has 44 heavy (non-hydrogen) atoms. The molecule has 0 radical (unpaired) electrons. The number of amides is 5. The minimum absolute atomic E-state index is 0.00176. The molecule has 0 aliphatic carbocycles. The van der Waals surface area contributed by atoms with Crippen LogP contribution in [-0.2, 0) is 32.0 Å². The number of para-hydroxylation sites is 1. The van der Waals surface area contributed by atoms with Crippen LogP contribution in [0.2, 0.25) is 0 Å². The number of carbonyl (C=O) groups is 5. The van der Waals surface area contributed by atoms with Crippen LogP contribution in [0.25, 0.3) is 10.9 Å². The fraction of sp³-hybridized carbons (Fsp3) is 0.414. The molecule has 1 aromatic carbocycles. The Labute approximate surface area is 260 Å². The van der Waals surface area contributed by atoms with Gasteiger partial charge < -0.3 is 37.7 Å². The van der Waals surface area contributed by atoms with E-state index in [0.29, 0.717) is 37.3 Å². The van der Waals surface area contributed by atoms with Gasteiger partial charge in [0.05, 0.1) is 23.1 Å². The maximum atomic E-state index is 13.6. The molecule has 9 N–H and O–H groups in total. The second-order valence-electron chi connectivity index (χ2n) is 10.1. The summed E-state index contributed by atoms with van der Waals surface area (Å²) in [4.78, 5) is 76.1. The Balaban J connectivity index is 1.82. The Hall–Kier alpha value is -4.50. The van der Waals surface area contributed by atoms with Crippen LogP contribution in [0.4, 0.5) is 0 Å². The van der Waals surface area contributed by atoms with Crippen molar-refractivity contribution in [3.05, 3.63) is 59.8 Å². The zero-order valence-electron chi connectivity index (χ0n) is 24.5. The van der Waals surface area contributed by atoms with Crippen molar-refractivity contribution in [1.82, 2.24) is 36.2 Å². The van der Waals surface area contributed by atoms with Crippen LogP contribution in [0.3, 0.4) is 0 Å². The van der Waals surface area contributed by atoms with Crippen molar-refractivity contribution < 1.29 is 24.0 Å². The molecule has 3 aromatic rings. The summed E-state index contributed by atoms with van der Waals surface area (Å²) in [7, 11) is 0. The first-order valence-electron chi connectivity index (χ1n) is 14.3. The van der Waals surface area contributed by atoms with Gasteiger partial charge in [-0.1, -0.05) is 25.1 Å². The molecule has 0 spiro atoms. The first-order valence-corrected chi connectivity index (χ1v) is 14.9. The standard InChI is InChI=1S/C29H39N9O5S/c1-2-20-19(12-17-6-3-4-7-21(17)35-20)26(40)36-22(8-9-25(31)39)28(42)37-23(13-18-14-32-16-34-18)29(43)38-24(15-44)27(41)33-11-5-10-30/h3-4,6-7,12,14,16,22-24,44H,2,5,8-11,13,15,30H2,1H3,(H2,31,39)(H,32,34)(H,33,41)(H,36,40)(H,37,42)(H,38,43)/t22-,23-,24-/m0/s1. The van der Waals surface area contributed by atoms with E-state index in [1.165, 1.54) is 12.5 Å². The molecular formula is C29H39N9O5S. The molecule has 2 aromatic heterocycles. The summed E-state index contributed by atoms with van der Waals surface area (Å²) in [6, 6.07) is 5.66. The third-order valence-electron chi connectivity index (χ3n) is 6.79. The van der Waals surface area contributed by atoms with Crippen molar-refractivity contribution in [3.8, 4) is 0 Å². The Kier molecular flexibility index (Phi) is 13.1. The normalized spacial score (nSPS) is 13.0. The van der Waals surface area contributed by atoms with E-state index in [2.05, 4.69) is 48.8 Å². The number of nitrogens with two attached hydrogens (primary N) is 2. The summed E-state index contributed by atoms with van der Waals surface area (Å²) < 4.78 is 0. The molecule has 236 valence electrons. The van der Waals surface area contributed by atoms with E-state index >= 15 is 0 Å². The van der Waals surface area contributed by atoms with Gasteiger partial charge in [-0.15, -0.1) is 0 Å². The summed E-state index contributed by atoms with van der Waals surface area (Å²) in [5, 5.41) is 11.4. The molecular weight excluding hydrogens is 586 g/mol. The van der Waals surface area contributed by atoms with Crippen molar-refractivity contribution in [3.63, 3.8) is 0 Å². The Morgan fingerprint density at radius 1 is 1.00 bits per heavy atom. The largest absolute Gasteiger partial charge is 0.370 e. The van der Waals surface area contributed by atoms with Crippen LogP contribution < -0.4 is 32.7 Å². The number of aromatic amines is 1. The Bertz CT molecular complexity index is 1450. The zero-order valence-corrected chi connectivity index (χ0v) is 25.4. The molecule has 0 saturated carbocycles. The van der Waals surface area contributed by atoms with Crippen molar-refractivity contribution in [1.29, 1.82) is 0 Å². The van der Waals surface area contributed by atoms with E-state index in [1.807, 2.05) is 31.2 Å². The van der Waals surface area contributed by atoms with Gasteiger partial charge in [-0.25, -0.2) is 4.98 Å². The van der Waals surface area contributed by atoms with Gasteiger partial charge in [0.2, 0.25) is 23.6 Å². The Morgan fingerprint density at radius 2 is 1.73 bits per heavy atom. The second-order valence-corrected chi connectivity index (χ2v) is 10.4. The number of fused-ring (bicyclic) bond motifs is 1. The molecule has 0 aliphatic rings. The summed E-state index contributed by atoms with van der Waals surface area (Å²) in [5.41, 5.74) is 12.9. The first kappa shape index (κ1) is 34.0. The minimum Gasteiger partial charge on any atom is -0.370 e. The summed E-state index contributed by atoms with van der Waals surface area (Å²) in [5.74, 6) is -3.06. The molecule has 0 bridgehead atoms. The van der Waals surface area contributed by atoms with Gasteiger partial charge in [0.15, 0.2) is 0 Å². The number of aryl methyl sites for hydroxylation is 1. The quantitative estimate of drug-likeness (QED) is 0.0718. The van der Waals surface area contributed by atoms with Crippen molar-refractivity contribution in [2.24, 2.45) is 11.5 Å². The topological polar surface area (TPSA) is 227 Å². The highest BCUT2D eigenvalue weighted by Gasteiger charge is 2.30. The third kappa shape index (κ3) is 9.77. The summed E-state index contributed by atoms with van der Waals surface area (Å²) in [6.45, 7) is 2.58. The van der Waals surface area contributed by atoms with Crippen LogP contribution in [0.15, 0.2) is 42.9 Å². The number of primary amides is 1. The van der Waals surface area contributed by atoms with Gasteiger partial charge in [0, 0.05) is 42.4 Å². The highest BCUT2D eigenvalue weighted by Crippen LogP contribution is 2.18. The predicted octanol–water partition coefficient (Wildman–Crippen LogP) is -0.509. The molecule has 3 atom stereocenters. The van der Waals surface area contributed by atoms with Gasteiger partial charge in [0.25, 0.3) is 5.91 Å². The van der Waals surface area contributed by atoms with E-state index in [0.717, 1.165) is 10.9 Å². The number of benzene rings is 1. The SMILES string of the molecule is CCc1nc2ccccc2cc1C(=O)N[C@@H](CCC(N)=O)C(=O)N[C@@H](Cc1cnc[nH]1)C(=O)N[C@@H](CS)C(=O)NCCCN. The van der Waals surface area contributed by atoms with Crippen LogP contribution in [0.5, 0.6) is 0 Å². The number of hydrogen-bond donors (Lipinski definition) is 8. The molecule has 0 unspecified atom stereocenters.